The van der Waals surface area contributed by atoms with Gasteiger partial charge >= 0.3 is 5.97 Å². The summed E-state index contributed by atoms with van der Waals surface area (Å²) in [5.41, 5.74) is -0.786. The van der Waals surface area contributed by atoms with Gasteiger partial charge in [-0.1, -0.05) is 12.1 Å². The molecule has 1 rings (SSSR count). The molecule has 0 saturated carbocycles. The smallest absolute Gasteiger partial charge is 0.310 e. The van der Waals surface area contributed by atoms with Gasteiger partial charge in [0.1, 0.15) is 12.4 Å². The lowest BCUT2D eigenvalue weighted by Gasteiger charge is -2.32. The van der Waals surface area contributed by atoms with Gasteiger partial charge < -0.3 is 15.1 Å². The van der Waals surface area contributed by atoms with Crippen molar-refractivity contribution in [2.24, 2.45) is 10.6 Å². The quantitative estimate of drug-likeness (QED) is 0.408. The number of carboxylic acid groups (broad SMARTS) is 1. The summed E-state index contributed by atoms with van der Waals surface area (Å²) in [6.07, 6.45) is 3.69. The van der Waals surface area contributed by atoms with Crippen LogP contribution < -0.4 is 0 Å². The predicted molar refractivity (Wildman–Crippen MR) is 78.2 cm³/mol. The van der Waals surface area contributed by atoms with Gasteiger partial charge in [0, 0.05) is 24.6 Å². The molecule has 1 aliphatic carbocycles. The topological polar surface area (TPSA) is 96.2 Å². The van der Waals surface area contributed by atoms with Crippen molar-refractivity contribution in [3.63, 3.8) is 0 Å². The molecule has 1 aliphatic rings. The summed E-state index contributed by atoms with van der Waals surface area (Å²) in [7, 11) is 0. The normalized spacial score (nSPS) is 22.9. The first-order chi connectivity index (χ1) is 9.96. The number of carboxylic acids is 1. The van der Waals surface area contributed by atoms with Crippen LogP contribution in [0.5, 0.6) is 0 Å². The van der Waals surface area contributed by atoms with Crippen molar-refractivity contribution in [2.75, 3.05) is 6.61 Å². The molecule has 0 amide bonds. The Morgan fingerprint density at radius 1 is 1.43 bits per heavy atom. The fraction of sp³-hybridized carbons (Fsp3) is 0.667. The number of aliphatic hydroxyl groups excluding tert-OH is 1. The average molecular weight is 297 g/mol. The maximum absolute atomic E-state index is 12.1. The van der Waals surface area contributed by atoms with Crippen LogP contribution in [0.3, 0.4) is 0 Å². The van der Waals surface area contributed by atoms with Gasteiger partial charge in [0.05, 0.1) is 5.41 Å². The zero-order valence-corrected chi connectivity index (χ0v) is 12.6. The molecule has 0 bridgehead atoms. The molecular formula is C15H23NO5. The summed E-state index contributed by atoms with van der Waals surface area (Å²) in [6.45, 7) is 4.07. The van der Waals surface area contributed by atoms with Crippen molar-refractivity contribution in [3.05, 3.63) is 11.3 Å². The minimum Gasteiger partial charge on any atom is -0.512 e. The number of rotatable bonds is 8. The second kappa shape index (κ2) is 7.81. The minimum atomic E-state index is -1.15. The summed E-state index contributed by atoms with van der Waals surface area (Å²) in [6, 6.07) is 0. The van der Waals surface area contributed by atoms with Gasteiger partial charge in [-0.3, -0.25) is 9.59 Å². The highest BCUT2D eigenvalue weighted by Crippen LogP contribution is 2.40. The number of aliphatic hydroxyl groups is 1. The molecular weight excluding hydrogens is 274 g/mol. The maximum atomic E-state index is 12.1. The van der Waals surface area contributed by atoms with E-state index in [0.29, 0.717) is 37.9 Å². The minimum absolute atomic E-state index is 0.0347. The molecule has 0 saturated heterocycles. The Kier molecular flexibility index (Phi) is 6.39. The molecule has 0 spiro atoms. The third kappa shape index (κ3) is 4.31. The van der Waals surface area contributed by atoms with Crippen LogP contribution in [0.2, 0.25) is 0 Å². The van der Waals surface area contributed by atoms with Gasteiger partial charge in [-0.25, -0.2) is 0 Å². The Bertz CT molecular complexity index is 455. The molecule has 1 unspecified atom stereocenters. The summed E-state index contributed by atoms with van der Waals surface area (Å²) in [4.78, 5) is 28.3. The Morgan fingerprint density at radius 2 is 2.14 bits per heavy atom. The standard InChI is InChI=1S/C15H23NO5/c1-3-15(14(19)20)9-12(17)11(13(18)10-15)7-5-6-8-16-21-4-2/h8,17H,3-7,9-10H2,1-2H3,(H,19,20). The Balaban J connectivity index is 2.65. The first-order valence-electron chi connectivity index (χ1n) is 7.28. The zero-order chi connectivity index (χ0) is 15.9. The zero-order valence-electron chi connectivity index (χ0n) is 12.6. The molecule has 21 heavy (non-hydrogen) atoms. The predicted octanol–water partition coefficient (Wildman–Crippen LogP) is 2.84. The summed E-state index contributed by atoms with van der Waals surface area (Å²) >= 11 is 0. The van der Waals surface area contributed by atoms with Gasteiger partial charge in [-0.2, -0.15) is 0 Å². The van der Waals surface area contributed by atoms with E-state index in [4.69, 9.17) is 4.84 Å². The number of Topliss-reactive ketones (excluding diaryl/α,β-unsaturated/α-hetero) is 1. The summed E-state index contributed by atoms with van der Waals surface area (Å²) < 4.78 is 0. The lowest BCUT2D eigenvalue weighted by Crippen LogP contribution is -2.37. The Morgan fingerprint density at radius 3 is 2.67 bits per heavy atom. The number of carbonyl (C=O) groups excluding carboxylic acids is 1. The van der Waals surface area contributed by atoms with E-state index in [1.807, 2.05) is 6.92 Å². The monoisotopic (exact) mass is 297 g/mol. The second-order valence-corrected chi connectivity index (χ2v) is 5.24. The number of oxime groups is 1. The molecule has 1 atom stereocenters. The summed E-state index contributed by atoms with van der Waals surface area (Å²) in [5.74, 6) is -1.35. The maximum Gasteiger partial charge on any atom is 0.310 e. The SMILES string of the molecule is CCON=CCCCC1=C(O)CC(CC)(C(=O)O)CC1=O. The number of nitrogens with zero attached hydrogens (tertiary/aromatic N) is 1. The van der Waals surface area contributed by atoms with Crippen LogP contribution in [0.1, 0.15) is 52.4 Å². The van der Waals surface area contributed by atoms with Crippen molar-refractivity contribution in [3.8, 4) is 0 Å². The molecule has 0 fully saturated rings. The van der Waals surface area contributed by atoms with Crippen molar-refractivity contribution in [1.29, 1.82) is 0 Å². The molecule has 0 aromatic heterocycles. The molecule has 2 N–H and O–H groups in total. The molecule has 6 nitrogen and oxygen atoms in total. The number of hydrogen-bond donors (Lipinski definition) is 2. The van der Waals surface area contributed by atoms with Gasteiger partial charge in [0.15, 0.2) is 5.78 Å². The molecule has 0 heterocycles. The van der Waals surface area contributed by atoms with Crippen LogP contribution in [0.25, 0.3) is 0 Å². The van der Waals surface area contributed by atoms with Crippen LogP contribution in [0.4, 0.5) is 0 Å². The van der Waals surface area contributed by atoms with E-state index in [-0.39, 0.29) is 24.4 Å². The van der Waals surface area contributed by atoms with Crippen LogP contribution in [0.15, 0.2) is 16.5 Å². The Labute approximate surface area is 124 Å². The first kappa shape index (κ1) is 17.2. The number of allylic oxidation sites excluding steroid dienone is 2. The highest BCUT2D eigenvalue weighted by molar-refractivity contribution is 6.00. The van der Waals surface area contributed by atoms with Crippen LogP contribution >= 0.6 is 0 Å². The number of hydrogen-bond acceptors (Lipinski definition) is 5. The van der Waals surface area contributed by atoms with Gasteiger partial charge in [0.25, 0.3) is 0 Å². The summed E-state index contributed by atoms with van der Waals surface area (Å²) in [5, 5.41) is 23.0. The van der Waals surface area contributed by atoms with Crippen LogP contribution in [-0.4, -0.2) is 34.8 Å². The fourth-order valence-corrected chi connectivity index (χ4v) is 2.45. The highest BCUT2D eigenvalue weighted by atomic mass is 16.6. The highest BCUT2D eigenvalue weighted by Gasteiger charge is 2.44. The Hall–Kier alpha value is -1.85. The molecule has 6 heteroatoms. The number of aliphatic carboxylic acids is 1. The van der Waals surface area contributed by atoms with Crippen molar-refractivity contribution >= 4 is 18.0 Å². The fourth-order valence-electron chi connectivity index (χ4n) is 2.45. The van der Waals surface area contributed by atoms with E-state index in [1.54, 1.807) is 13.1 Å². The first-order valence-corrected chi connectivity index (χ1v) is 7.28. The van der Waals surface area contributed by atoms with E-state index < -0.39 is 11.4 Å². The van der Waals surface area contributed by atoms with E-state index in [0.717, 1.165) is 0 Å². The van der Waals surface area contributed by atoms with Gasteiger partial charge in [-0.15, -0.1) is 0 Å². The average Bonchev–Trinajstić information content (AvgIpc) is 2.44. The van der Waals surface area contributed by atoms with E-state index in [1.165, 1.54) is 0 Å². The van der Waals surface area contributed by atoms with Crippen molar-refractivity contribution < 1.29 is 24.6 Å². The molecule has 0 aliphatic heterocycles. The second-order valence-electron chi connectivity index (χ2n) is 5.24. The third-order valence-electron chi connectivity index (χ3n) is 3.86. The molecule has 0 aromatic carbocycles. The van der Waals surface area contributed by atoms with E-state index in [9.17, 15) is 19.8 Å². The molecule has 0 radical (unpaired) electrons. The van der Waals surface area contributed by atoms with Crippen LogP contribution in [-0.2, 0) is 14.4 Å². The lowest BCUT2D eigenvalue weighted by atomic mass is 9.71. The van der Waals surface area contributed by atoms with Gasteiger partial charge in [-0.05, 0) is 32.6 Å². The third-order valence-corrected chi connectivity index (χ3v) is 3.86. The number of unbranched alkanes of at least 4 members (excludes halogenated alkanes) is 1. The van der Waals surface area contributed by atoms with Crippen molar-refractivity contribution in [2.45, 2.75) is 52.4 Å². The van der Waals surface area contributed by atoms with Crippen molar-refractivity contribution in [1.82, 2.24) is 0 Å². The molecule has 118 valence electrons. The number of carbonyl (C=O) groups is 2. The molecule has 0 aromatic rings. The largest absolute Gasteiger partial charge is 0.512 e. The van der Waals surface area contributed by atoms with Gasteiger partial charge in [0.2, 0.25) is 0 Å². The van der Waals surface area contributed by atoms with E-state index >= 15 is 0 Å². The van der Waals surface area contributed by atoms with Crippen LogP contribution in [0, 0.1) is 5.41 Å². The lowest BCUT2D eigenvalue weighted by molar-refractivity contribution is -0.152. The number of ketones is 1. The van der Waals surface area contributed by atoms with E-state index in [2.05, 4.69) is 5.16 Å².